The van der Waals surface area contributed by atoms with Crippen molar-refractivity contribution in [2.24, 2.45) is 5.92 Å². The maximum atomic E-state index is 5.61. The smallest absolute Gasteiger partial charge is 0.0589 e. The first-order valence-electron chi connectivity index (χ1n) is 8.80. The Labute approximate surface area is 131 Å². The summed E-state index contributed by atoms with van der Waals surface area (Å²) in [5.41, 5.74) is 0. The van der Waals surface area contributed by atoms with E-state index in [4.69, 9.17) is 9.47 Å². The van der Waals surface area contributed by atoms with E-state index < -0.39 is 0 Å². The Morgan fingerprint density at radius 3 is 2.57 bits per heavy atom. The lowest BCUT2D eigenvalue weighted by Gasteiger charge is -2.35. The predicted molar refractivity (Wildman–Crippen MR) is 88.8 cm³/mol. The van der Waals surface area contributed by atoms with Crippen LogP contribution >= 0.6 is 0 Å². The largest absolute Gasteiger partial charge is 0.383 e. The fraction of sp³-hybridized carbons (Fsp3) is 1.00. The third-order valence-corrected chi connectivity index (χ3v) is 4.66. The Bertz CT molecular complexity index is 229. The summed E-state index contributed by atoms with van der Waals surface area (Å²) in [6, 6.07) is 1.21. The molecule has 0 amide bonds. The lowest BCUT2D eigenvalue weighted by atomic mass is 9.97. The van der Waals surface area contributed by atoms with Crippen LogP contribution in [-0.4, -0.2) is 63.5 Å². The molecule has 0 aromatic heterocycles. The normalized spacial score (nSPS) is 20.6. The summed E-state index contributed by atoms with van der Waals surface area (Å²) in [5, 5.41) is 3.76. The molecule has 1 rings (SSSR count). The Morgan fingerprint density at radius 2 is 2.05 bits per heavy atom. The van der Waals surface area contributed by atoms with E-state index in [0.29, 0.717) is 18.0 Å². The monoisotopic (exact) mass is 300 g/mol. The van der Waals surface area contributed by atoms with Crippen molar-refractivity contribution in [1.82, 2.24) is 10.2 Å². The van der Waals surface area contributed by atoms with Crippen LogP contribution in [-0.2, 0) is 9.47 Å². The lowest BCUT2D eigenvalue weighted by molar-refractivity contribution is 0.0946. The first-order chi connectivity index (χ1) is 10.3. The van der Waals surface area contributed by atoms with E-state index in [1.807, 2.05) is 0 Å². The van der Waals surface area contributed by atoms with Crippen molar-refractivity contribution >= 4 is 0 Å². The van der Waals surface area contributed by atoms with Crippen LogP contribution in [0.15, 0.2) is 0 Å². The quantitative estimate of drug-likeness (QED) is 0.600. The number of nitrogens with one attached hydrogen (secondary N) is 1. The molecule has 4 nitrogen and oxygen atoms in total. The summed E-state index contributed by atoms with van der Waals surface area (Å²) in [6.07, 6.45) is 4.80. The first kappa shape index (κ1) is 18.9. The van der Waals surface area contributed by atoms with Gasteiger partial charge < -0.3 is 14.8 Å². The third-order valence-electron chi connectivity index (χ3n) is 4.66. The second-order valence-corrected chi connectivity index (χ2v) is 6.14. The molecule has 1 aliphatic rings. The van der Waals surface area contributed by atoms with E-state index in [0.717, 1.165) is 39.5 Å². The van der Waals surface area contributed by atoms with E-state index >= 15 is 0 Å². The van der Waals surface area contributed by atoms with Crippen molar-refractivity contribution in [3.63, 3.8) is 0 Å². The molecular formula is C17H36N2O2. The van der Waals surface area contributed by atoms with Crippen LogP contribution in [0.1, 0.15) is 46.5 Å². The molecule has 1 saturated heterocycles. The fourth-order valence-electron chi connectivity index (χ4n) is 3.27. The average Bonchev–Trinajstić information content (AvgIpc) is 3.03. The van der Waals surface area contributed by atoms with Gasteiger partial charge >= 0.3 is 0 Å². The Morgan fingerprint density at radius 1 is 1.29 bits per heavy atom. The molecule has 0 aliphatic carbocycles. The maximum absolute atomic E-state index is 5.61. The van der Waals surface area contributed by atoms with E-state index in [1.54, 1.807) is 7.11 Å². The number of rotatable bonds is 12. The summed E-state index contributed by atoms with van der Waals surface area (Å²) in [6.45, 7) is 12.7. The highest BCUT2D eigenvalue weighted by molar-refractivity contribution is 4.84. The van der Waals surface area contributed by atoms with E-state index in [2.05, 4.69) is 31.0 Å². The van der Waals surface area contributed by atoms with E-state index in [9.17, 15) is 0 Å². The zero-order valence-electron chi connectivity index (χ0n) is 14.6. The average molecular weight is 300 g/mol. The number of ether oxygens (including phenoxy) is 2. The summed E-state index contributed by atoms with van der Waals surface area (Å²) in [4.78, 5) is 2.62. The van der Waals surface area contributed by atoms with Gasteiger partial charge in [-0.25, -0.2) is 0 Å². The van der Waals surface area contributed by atoms with Gasteiger partial charge in [0.05, 0.1) is 13.2 Å². The minimum Gasteiger partial charge on any atom is -0.383 e. The summed E-state index contributed by atoms with van der Waals surface area (Å²) in [7, 11) is 1.79. The van der Waals surface area contributed by atoms with E-state index in [-0.39, 0.29) is 0 Å². The van der Waals surface area contributed by atoms with Crippen molar-refractivity contribution < 1.29 is 9.47 Å². The van der Waals surface area contributed by atoms with Gasteiger partial charge in [0.25, 0.3) is 0 Å². The molecule has 4 heteroatoms. The van der Waals surface area contributed by atoms with Gasteiger partial charge in [0, 0.05) is 44.8 Å². The van der Waals surface area contributed by atoms with Crippen LogP contribution in [0.4, 0.5) is 0 Å². The lowest BCUT2D eigenvalue weighted by Crippen LogP contribution is -2.50. The molecule has 1 N–H and O–H groups in total. The van der Waals surface area contributed by atoms with Crippen LogP contribution in [0.25, 0.3) is 0 Å². The molecule has 21 heavy (non-hydrogen) atoms. The van der Waals surface area contributed by atoms with Crippen LogP contribution in [0, 0.1) is 5.92 Å². The van der Waals surface area contributed by atoms with Crippen LogP contribution in [0.3, 0.4) is 0 Å². The Balaban J connectivity index is 2.63. The van der Waals surface area contributed by atoms with Crippen molar-refractivity contribution in [3.05, 3.63) is 0 Å². The number of hydrogen-bond donors (Lipinski definition) is 1. The molecule has 126 valence electrons. The van der Waals surface area contributed by atoms with Gasteiger partial charge in [0.15, 0.2) is 0 Å². The van der Waals surface area contributed by atoms with Gasteiger partial charge in [0.1, 0.15) is 0 Å². The van der Waals surface area contributed by atoms with Crippen molar-refractivity contribution in [2.45, 2.75) is 58.5 Å². The highest BCUT2D eigenvalue weighted by Gasteiger charge is 2.28. The summed E-state index contributed by atoms with van der Waals surface area (Å²) >= 11 is 0. The zero-order chi connectivity index (χ0) is 15.5. The molecule has 2 unspecified atom stereocenters. The zero-order valence-corrected chi connectivity index (χ0v) is 14.6. The van der Waals surface area contributed by atoms with Crippen molar-refractivity contribution in [1.29, 1.82) is 0 Å². The predicted octanol–water partition coefficient (Wildman–Crippen LogP) is 2.53. The van der Waals surface area contributed by atoms with Crippen LogP contribution in [0.2, 0.25) is 0 Å². The first-order valence-corrected chi connectivity index (χ1v) is 8.80. The van der Waals surface area contributed by atoms with Gasteiger partial charge in [-0.3, -0.25) is 4.90 Å². The summed E-state index contributed by atoms with van der Waals surface area (Å²) in [5.74, 6) is 0.663. The second kappa shape index (κ2) is 11.4. The molecule has 1 aliphatic heterocycles. The SMILES string of the molecule is CCCNC(CN(CCOC)C(CC)CC)C1CCOC1. The third kappa shape index (κ3) is 6.64. The highest BCUT2D eigenvalue weighted by Crippen LogP contribution is 2.19. The van der Waals surface area contributed by atoms with E-state index in [1.165, 1.54) is 25.7 Å². The van der Waals surface area contributed by atoms with Crippen molar-refractivity contribution in [3.8, 4) is 0 Å². The molecule has 1 heterocycles. The Kier molecular flexibility index (Phi) is 10.3. The molecule has 0 aromatic carbocycles. The number of nitrogens with zero attached hydrogens (tertiary/aromatic N) is 1. The minimum atomic E-state index is 0.546. The molecular weight excluding hydrogens is 264 g/mol. The number of hydrogen-bond acceptors (Lipinski definition) is 4. The molecule has 0 spiro atoms. The molecule has 0 saturated carbocycles. The van der Waals surface area contributed by atoms with Gasteiger partial charge in [-0.05, 0) is 32.2 Å². The highest BCUT2D eigenvalue weighted by atomic mass is 16.5. The molecule has 0 radical (unpaired) electrons. The second-order valence-electron chi connectivity index (χ2n) is 6.14. The molecule has 1 fully saturated rings. The molecule has 0 bridgehead atoms. The summed E-state index contributed by atoms with van der Waals surface area (Å²) < 4.78 is 10.9. The fourth-order valence-corrected chi connectivity index (χ4v) is 3.27. The van der Waals surface area contributed by atoms with Gasteiger partial charge in [-0.15, -0.1) is 0 Å². The molecule has 2 atom stereocenters. The maximum Gasteiger partial charge on any atom is 0.0589 e. The van der Waals surface area contributed by atoms with Gasteiger partial charge in [0.2, 0.25) is 0 Å². The van der Waals surface area contributed by atoms with Gasteiger partial charge in [-0.1, -0.05) is 20.8 Å². The topological polar surface area (TPSA) is 33.7 Å². The Hall–Kier alpha value is -0.160. The number of methoxy groups -OCH3 is 1. The molecule has 0 aromatic rings. The standard InChI is InChI=1S/C17H36N2O2/c1-5-9-18-17(15-8-11-21-14-15)13-19(10-12-20-4)16(6-2)7-3/h15-18H,5-14H2,1-4H3. The van der Waals surface area contributed by atoms with Crippen molar-refractivity contribution in [2.75, 3.05) is 46.6 Å². The van der Waals surface area contributed by atoms with Crippen LogP contribution < -0.4 is 5.32 Å². The van der Waals surface area contributed by atoms with Crippen LogP contribution in [0.5, 0.6) is 0 Å². The minimum absolute atomic E-state index is 0.546. The van der Waals surface area contributed by atoms with Gasteiger partial charge in [-0.2, -0.15) is 0 Å².